The van der Waals surface area contributed by atoms with Crippen LogP contribution in [0.3, 0.4) is 0 Å². The minimum absolute atomic E-state index is 0.0871. The van der Waals surface area contributed by atoms with Gasteiger partial charge in [-0.2, -0.15) is 0 Å². The van der Waals surface area contributed by atoms with Gasteiger partial charge in [0.05, 0.1) is 0 Å². The van der Waals surface area contributed by atoms with Crippen LogP contribution in [-0.4, -0.2) is 12.5 Å². The highest BCUT2D eigenvalue weighted by molar-refractivity contribution is 6.30. The third-order valence-corrected chi connectivity index (χ3v) is 3.06. The van der Waals surface area contributed by atoms with Crippen LogP contribution in [-0.2, 0) is 11.2 Å². The summed E-state index contributed by atoms with van der Waals surface area (Å²) in [6.07, 6.45) is 4.12. The summed E-state index contributed by atoms with van der Waals surface area (Å²) >= 11 is 5.91. The molecule has 0 aliphatic rings. The van der Waals surface area contributed by atoms with E-state index in [4.69, 9.17) is 11.6 Å². The lowest BCUT2D eigenvalue weighted by molar-refractivity contribution is -0.116. The highest BCUT2D eigenvalue weighted by atomic mass is 35.5. The van der Waals surface area contributed by atoms with Crippen LogP contribution in [0.5, 0.6) is 0 Å². The van der Waals surface area contributed by atoms with E-state index in [0.717, 1.165) is 22.6 Å². The van der Waals surface area contributed by atoms with Crippen LogP contribution in [0, 0.1) is 0 Å². The molecular weight excluding hydrogens is 270 g/mol. The van der Waals surface area contributed by atoms with Crippen molar-refractivity contribution < 1.29 is 4.79 Å². The molecule has 0 fully saturated rings. The van der Waals surface area contributed by atoms with Crippen molar-refractivity contribution in [2.75, 3.05) is 6.54 Å². The zero-order chi connectivity index (χ0) is 14.2. The summed E-state index contributed by atoms with van der Waals surface area (Å²) in [7, 11) is 0. The lowest BCUT2D eigenvalue weighted by Gasteiger charge is -2.03. The average molecular weight is 286 g/mol. The molecule has 2 rings (SSSR count). The molecule has 0 aliphatic heterocycles. The molecule has 0 unspecified atom stereocenters. The van der Waals surface area contributed by atoms with Crippen molar-refractivity contribution in [1.29, 1.82) is 0 Å². The maximum Gasteiger partial charge on any atom is 0.244 e. The van der Waals surface area contributed by atoms with Crippen molar-refractivity contribution >= 4 is 23.6 Å². The van der Waals surface area contributed by atoms with Crippen molar-refractivity contribution in [2.24, 2.45) is 0 Å². The molecule has 0 bridgehead atoms. The summed E-state index contributed by atoms with van der Waals surface area (Å²) in [5, 5.41) is 3.57. The van der Waals surface area contributed by atoms with Crippen molar-refractivity contribution in [2.45, 2.75) is 6.42 Å². The van der Waals surface area contributed by atoms with Gasteiger partial charge in [-0.15, -0.1) is 0 Å². The molecule has 0 spiro atoms. The second-order valence-electron chi connectivity index (χ2n) is 4.41. The fourth-order valence-electron chi connectivity index (χ4n) is 1.82. The van der Waals surface area contributed by atoms with Crippen LogP contribution in [0.15, 0.2) is 60.7 Å². The van der Waals surface area contributed by atoms with Crippen LogP contribution in [0.1, 0.15) is 11.1 Å². The highest BCUT2D eigenvalue weighted by Crippen LogP contribution is 2.10. The summed E-state index contributed by atoms with van der Waals surface area (Å²) in [4.78, 5) is 11.6. The van der Waals surface area contributed by atoms with Gasteiger partial charge in [-0.3, -0.25) is 4.79 Å². The summed E-state index contributed by atoms with van der Waals surface area (Å²) < 4.78 is 0. The van der Waals surface area contributed by atoms with E-state index in [1.54, 1.807) is 12.2 Å². The number of halogens is 1. The summed E-state index contributed by atoms with van der Waals surface area (Å²) in [5.41, 5.74) is 2.13. The molecule has 102 valence electrons. The van der Waals surface area contributed by atoms with Gasteiger partial charge in [-0.1, -0.05) is 54.1 Å². The van der Waals surface area contributed by atoms with Gasteiger partial charge in [-0.05, 0) is 35.8 Å². The predicted octanol–water partition coefficient (Wildman–Crippen LogP) is 3.71. The van der Waals surface area contributed by atoms with Crippen molar-refractivity contribution in [3.63, 3.8) is 0 Å². The number of hydrogen-bond acceptors (Lipinski definition) is 1. The number of amides is 1. The van der Waals surface area contributed by atoms with Crippen molar-refractivity contribution in [1.82, 2.24) is 5.32 Å². The Labute approximate surface area is 124 Å². The number of hydrogen-bond donors (Lipinski definition) is 1. The van der Waals surface area contributed by atoms with Crippen LogP contribution in [0.4, 0.5) is 0 Å². The highest BCUT2D eigenvalue weighted by Gasteiger charge is 1.97. The summed E-state index contributed by atoms with van der Waals surface area (Å²) in [6.45, 7) is 0.596. The number of benzene rings is 2. The molecule has 2 aromatic rings. The molecule has 0 heterocycles. The zero-order valence-electron chi connectivity index (χ0n) is 11.1. The van der Waals surface area contributed by atoms with E-state index < -0.39 is 0 Å². The first-order chi connectivity index (χ1) is 9.74. The number of carbonyl (C=O) groups excluding carboxylic acids is 1. The Morgan fingerprint density at radius 2 is 1.90 bits per heavy atom. The maximum atomic E-state index is 11.6. The molecule has 2 nitrogen and oxygen atoms in total. The minimum atomic E-state index is -0.0871. The fraction of sp³-hybridized carbons (Fsp3) is 0.118. The molecule has 1 amide bonds. The SMILES string of the molecule is O=C(C=Cc1ccccc1)NCCc1cccc(Cl)c1. The minimum Gasteiger partial charge on any atom is -0.352 e. The molecule has 0 radical (unpaired) electrons. The molecule has 0 saturated carbocycles. The first-order valence-electron chi connectivity index (χ1n) is 6.49. The Hall–Kier alpha value is -2.06. The van der Waals surface area contributed by atoms with Gasteiger partial charge < -0.3 is 5.32 Å². The van der Waals surface area contributed by atoms with Gasteiger partial charge in [0.2, 0.25) is 5.91 Å². The van der Waals surface area contributed by atoms with Crippen LogP contribution < -0.4 is 5.32 Å². The Morgan fingerprint density at radius 1 is 1.10 bits per heavy atom. The standard InChI is InChI=1S/C17H16ClNO/c18-16-8-4-7-15(13-16)11-12-19-17(20)10-9-14-5-2-1-3-6-14/h1-10,13H,11-12H2,(H,19,20). The Kier molecular flexibility index (Phi) is 5.39. The molecule has 0 aromatic heterocycles. The number of nitrogens with one attached hydrogen (secondary N) is 1. The van der Waals surface area contributed by atoms with E-state index in [1.165, 1.54) is 0 Å². The van der Waals surface area contributed by atoms with Gasteiger partial charge in [0.25, 0.3) is 0 Å². The fourth-order valence-corrected chi connectivity index (χ4v) is 2.03. The first kappa shape index (κ1) is 14.4. The van der Waals surface area contributed by atoms with E-state index in [0.29, 0.717) is 6.54 Å². The summed E-state index contributed by atoms with van der Waals surface area (Å²) in [6, 6.07) is 17.4. The molecule has 0 atom stereocenters. The van der Waals surface area contributed by atoms with Crippen LogP contribution in [0.25, 0.3) is 6.08 Å². The van der Waals surface area contributed by atoms with E-state index in [1.807, 2.05) is 54.6 Å². The third kappa shape index (κ3) is 4.90. The lowest BCUT2D eigenvalue weighted by atomic mass is 10.1. The Balaban J connectivity index is 1.77. The molecular formula is C17H16ClNO. The molecule has 0 aliphatic carbocycles. The monoisotopic (exact) mass is 285 g/mol. The van der Waals surface area contributed by atoms with E-state index >= 15 is 0 Å². The second kappa shape index (κ2) is 7.51. The topological polar surface area (TPSA) is 29.1 Å². The molecule has 0 saturated heterocycles. The average Bonchev–Trinajstić information content (AvgIpc) is 2.46. The second-order valence-corrected chi connectivity index (χ2v) is 4.85. The Morgan fingerprint density at radius 3 is 2.65 bits per heavy atom. The third-order valence-electron chi connectivity index (χ3n) is 2.83. The van der Waals surface area contributed by atoms with Gasteiger partial charge in [0.1, 0.15) is 0 Å². The van der Waals surface area contributed by atoms with Crippen molar-refractivity contribution in [3.8, 4) is 0 Å². The van der Waals surface area contributed by atoms with Gasteiger partial charge in [0, 0.05) is 17.6 Å². The van der Waals surface area contributed by atoms with Gasteiger partial charge in [0.15, 0.2) is 0 Å². The van der Waals surface area contributed by atoms with Crippen molar-refractivity contribution in [3.05, 3.63) is 76.8 Å². The number of carbonyl (C=O) groups is 1. The largest absolute Gasteiger partial charge is 0.352 e. The number of rotatable bonds is 5. The van der Waals surface area contributed by atoms with E-state index in [2.05, 4.69) is 5.32 Å². The Bertz CT molecular complexity index is 593. The molecule has 3 heteroatoms. The first-order valence-corrected chi connectivity index (χ1v) is 6.87. The maximum absolute atomic E-state index is 11.6. The molecule has 20 heavy (non-hydrogen) atoms. The molecule has 2 aromatic carbocycles. The lowest BCUT2D eigenvalue weighted by Crippen LogP contribution is -2.23. The van der Waals surface area contributed by atoms with E-state index in [-0.39, 0.29) is 5.91 Å². The normalized spacial score (nSPS) is 10.7. The van der Waals surface area contributed by atoms with Gasteiger partial charge in [-0.25, -0.2) is 0 Å². The van der Waals surface area contributed by atoms with Crippen LogP contribution in [0.2, 0.25) is 5.02 Å². The predicted molar refractivity (Wildman–Crippen MR) is 83.6 cm³/mol. The molecule has 1 N–H and O–H groups in total. The summed E-state index contributed by atoms with van der Waals surface area (Å²) in [5.74, 6) is -0.0871. The smallest absolute Gasteiger partial charge is 0.244 e. The van der Waals surface area contributed by atoms with Crippen LogP contribution >= 0.6 is 11.6 Å². The zero-order valence-corrected chi connectivity index (χ0v) is 11.8. The quantitative estimate of drug-likeness (QED) is 0.834. The van der Waals surface area contributed by atoms with Gasteiger partial charge >= 0.3 is 0 Å². The van der Waals surface area contributed by atoms with E-state index in [9.17, 15) is 4.79 Å².